The van der Waals surface area contributed by atoms with E-state index >= 15 is 0 Å². The highest BCUT2D eigenvalue weighted by Crippen LogP contribution is 2.24. The third-order valence-corrected chi connectivity index (χ3v) is 2.66. The molecule has 0 bridgehead atoms. The Kier molecular flexibility index (Phi) is 14.4. The first-order valence-electron chi connectivity index (χ1n) is 7.93. The first kappa shape index (κ1) is 20.8. The van der Waals surface area contributed by atoms with Gasteiger partial charge in [-0.25, -0.2) is 0 Å². The molecule has 0 aliphatic heterocycles. The lowest BCUT2D eigenvalue weighted by atomic mass is 9.92. The van der Waals surface area contributed by atoms with Gasteiger partial charge >= 0.3 is 0 Å². The van der Waals surface area contributed by atoms with Gasteiger partial charge in [0, 0.05) is 0 Å². The lowest BCUT2D eigenvalue weighted by molar-refractivity contribution is 0.984. The van der Waals surface area contributed by atoms with Crippen molar-refractivity contribution in [2.75, 3.05) is 0 Å². The number of allylic oxidation sites excluding steroid dienone is 1. The molecule has 1 aromatic carbocycles. The van der Waals surface area contributed by atoms with Gasteiger partial charge in [0.1, 0.15) is 0 Å². The van der Waals surface area contributed by atoms with E-state index < -0.39 is 0 Å². The smallest absolute Gasteiger partial charge is 0.0184 e. The van der Waals surface area contributed by atoms with Crippen LogP contribution < -0.4 is 0 Å². The Bertz CT molecular complexity index is 408. The third kappa shape index (κ3) is 6.06. The SMILES string of the molecule is C=Cc1cc2c(cc1C=C)CCC=C2.CC.CC.CC. The first-order valence-corrected chi connectivity index (χ1v) is 7.93. The topological polar surface area (TPSA) is 0 Å². The standard InChI is InChI=1S/C14H14.3C2H6/c1-3-11-9-13-7-5-6-8-14(13)10-12(11)4-2;3*1-2/h3-5,7,9-10H,1-2,6,8H2;3*1-2H3. The predicted molar refractivity (Wildman–Crippen MR) is 98.0 cm³/mol. The zero-order valence-corrected chi connectivity index (χ0v) is 14.3. The fourth-order valence-electron chi connectivity index (χ4n) is 1.87. The second kappa shape index (κ2) is 13.9. The minimum Gasteiger partial charge on any atom is -0.0984 e. The van der Waals surface area contributed by atoms with E-state index in [1.54, 1.807) is 0 Å². The summed E-state index contributed by atoms with van der Waals surface area (Å²) in [6.45, 7) is 19.6. The third-order valence-electron chi connectivity index (χ3n) is 2.66. The zero-order valence-electron chi connectivity index (χ0n) is 14.3. The molecule has 0 unspecified atom stereocenters. The number of rotatable bonds is 2. The van der Waals surface area contributed by atoms with Crippen LogP contribution in [0.5, 0.6) is 0 Å². The minimum atomic E-state index is 1.14. The van der Waals surface area contributed by atoms with E-state index in [1.807, 2.05) is 53.7 Å². The Morgan fingerprint density at radius 1 is 0.850 bits per heavy atom. The molecule has 0 heterocycles. The molecule has 0 N–H and O–H groups in total. The van der Waals surface area contributed by atoms with Crippen molar-refractivity contribution in [3.8, 4) is 0 Å². The van der Waals surface area contributed by atoms with E-state index in [0.717, 1.165) is 12.8 Å². The van der Waals surface area contributed by atoms with Crippen LogP contribution in [-0.2, 0) is 6.42 Å². The van der Waals surface area contributed by atoms with Crippen molar-refractivity contribution in [1.82, 2.24) is 0 Å². The Morgan fingerprint density at radius 3 is 1.85 bits per heavy atom. The number of fused-ring (bicyclic) bond motifs is 1. The highest BCUT2D eigenvalue weighted by atomic mass is 14.1. The molecule has 0 nitrogen and oxygen atoms in total. The lowest BCUT2D eigenvalue weighted by Crippen LogP contribution is -1.96. The van der Waals surface area contributed by atoms with Crippen LogP contribution in [0, 0.1) is 0 Å². The van der Waals surface area contributed by atoms with Crippen LogP contribution in [0.15, 0.2) is 31.4 Å². The average molecular weight is 272 g/mol. The molecular formula is C20H32. The molecule has 0 saturated heterocycles. The van der Waals surface area contributed by atoms with Crippen molar-refractivity contribution in [2.45, 2.75) is 54.4 Å². The molecule has 0 amide bonds. The van der Waals surface area contributed by atoms with Gasteiger partial charge in [0.2, 0.25) is 0 Å². The second-order valence-electron chi connectivity index (χ2n) is 3.53. The van der Waals surface area contributed by atoms with E-state index in [4.69, 9.17) is 0 Å². The van der Waals surface area contributed by atoms with Gasteiger partial charge in [0.05, 0.1) is 0 Å². The Balaban J connectivity index is 0. The quantitative estimate of drug-likeness (QED) is 0.543. The molecule has 0 heteroatoms. The van der Waals surface area contributed by atoms with E-state index in [9.17, 15) is 0 Å². The maximum absolute atomic E-state index is 3.82. The van der Waals surface area contributed by atoms with Gasteiger partial charge in [0.15, 0.2) is 0 Å². The lowest BCUT2D eigenvalue weighted by Gasteiger charge is -2.13. The van der Waals surface area contributed by atoms with Crippen LogP contribution in [-0.4, -0.2) is 0 Å². The summed E-state index contributed by atoms with van der Waals surface area (Å²) in [5, 5.41) is 0. The fraction of sp³-hybridized carbons (Fsp3) is 0.400. The van der Waals surface area contributed by atoms with Gasteiger partial charge in [0.25, 0.3) is 0 Å². The predicted octanol–water partition coefficient (Wildman–Crippen LogP) is 7.01. The summed E-state index contributed by atoms with van der Waals surface area (Å²) in [5.74, 6) is 0. The largest absolute Gasteiger partial charge is 0.0984 e. The van der Waals surface area contributed by atoms with Crippen LogP contribution in [0.1, 0.15) is 70.2 Å². The van der Waals surface area contributed by atoms with Crippen LogP contribution in [0.25, 0.3) is 18.2 Å². The minimum absolute atomic E-state index is 1.14. The molecule has 0 aromatic heterocycles. The van der Waals surface area contributed by atoms with Gasteiger partial charge < -0.3 is 0 Å². The summed E-state index contributed by atoms with van der Waals surface area (Å²) in [7, 11) is 0. The highest BCUT2D eigenvalue weighted by molar-refractivity contribution is 5.70. The van der Waals surface area contributed by atoms with Crippen LogP contribution in [0.4, 0.5) is 0 Å². The van der Waals surface area contributed by atoms with Crippen molar-refractivity contribution in [3.05, 3.63) is 53.6 Å². The molecule has 1 aliphatic carbocycles. The molecule has 0 saturated carbocycles. The van der Waals surface area contributed by atoms with Crippen LogP contribution >= 0.6 is 0 Å². The molecule has 20 heavy (non-hydrogen) atoms. The van der Waals surface area contributed by atoms with Crippen molar-refractivity contribution in [2.24, 2.45) is 0 Å². The summed E-state index contributed by atoms with van der Waals surface area (Å²) in [6.07, 6.45) is 10.5. The average Bonchev–Trinajstić information content (AvgIpc) is 2.59. The summed E-state index contributed by atoms with van der Waals surface area (Å²) in [4.78, 5) is 0. The van der Waals surface area contributed by atoms with Crippen LogP contribution in [0.2, 0.25) is 0 Å². The molecule has 0 spiro atoms. The zero-order chi connectivity index (χ0) is 16.0. The first-order chi connectivity index (χ1) is 9.85. The van der Waals surface area contributed by atoms with Crippen molar-refractivity contribution >= 4 is 18.2 Å². The number of hydrogen-bond donors (Lipinski definition) is 0. The maximum Gasteiger partial charge on any atom is -0.0184 e. The normalized spacial score (nSPS) is 10.3. The molecule has 1 aliphatic rings. The maximum atomic E-state index is 3.82. The molecule has 2 rings (SSSR count). The fourth-order valence-corrected chi connectivity index (χ4v) is 1.87. The van der Waals surface area contributed by atoms with Gasteiger partial charge in [-0.3, -0.25) is 0 Å². The van der Waals surface area contributed by atoms with E-state index in [2.05, 4.69) is 37.4 Å². The summed E-state index contributed by atoms with van der Waals surface area (Å²) < 4.78 is 0. The van der Waals surface area contributed by atoms with Crippen molar-refractivity contribution < 1.29 is 0 Å². The molecular weight excluding hydrogens is 240 g/mol. The molecule has 0 fully saturated rings. The molecule has 0 atom stereocenters. The number of benzene rings is 1. The van der Waals surface area contributed by atoms with E-state index in [1.165, 1.54) is 22.3 Å². The van der Waals surface area contributed by atoms with Crippen molar-refractivity contribution in [1.29, 1.82) is 0 Å². The summed E-state index contributed by atoms with van der Waals surface area (Å²) >= 11 is 0. The Morgan fingerprint density at radius 2 is 1.35 bits per heavy atom. The summed E-state index contributed by atoms with van der Waals surface area (Å²) in [6, 6.07) is 4.41. The van der Waals surface area contributed by atoms with Crippen LogP contribution in [0.3, 0.4) is 0 Å². The molecule has 112 valence electrons. The Labute approximate surface area is 126 Å². The van der Waals surface area contributed by atoms with E-state index in [-0.39, 0.29) is 0 Å². The monoisotopic (exact) mass is 272 g/mol. The number of aryl methyl sites for hydroxylation is 1. The van der Waals surface area contributed by atoms with E-state index in [0.29, 0.717) is 0 Å². The second-order valence-corrected chi connectivity index (χ2v) is 3.53. The Hall–Kier alpha value is -1.56. The number of hydrogen-bond acceptors (Lipinski definition) is 0. The summed E-state index contributed by atoms with van der Waals surface area (Å²) in [5.41, 5.74) is 5.11. The van der Waals surface area contributed by atoms with Gasteiger partial charge in [-0.05, 0) is 41.2 Å². The van der Waals surface area contributed by atoms with Gasteiger partial charge in [-0.2, -0.15) is 0 Å². The highest BCUT2D eigenvalue weighted by Gasteiger charge is 2.06. The van der Waals surface area contributed by atoms with Gasteiger partial charge in [-0.1, -0.05) is 85.1 Å². The van der Waals surface area contributed by atoms with Crippen molar-refractivity contribution in [3.63, 3.8) is 0 Å². The molecule has 0 radical (unpaired) electrons. The van der Waals surface area contributed by atoms with Gasteiger partial charge in [-0.15, -0.1) is 0 Å². The molecule has 1 aromatic rings.